The van der Waals surface area contributed by atoms with E-state index in [0.29, 0.717) is 0 Å². The Balaban J connectivity index is 3.38. The largest absolute Gasteiger partial charge is 0.465 e. The van der Waals surface area contributed by atoms with E-state index in [1.165, 1.54) is 25.2 Å². The third kappa shape index (κ3) is 3.22. The Hall–Kier alpha value is -1.64. The van der Waals surface area contributed by atoms with E-state index in [1.54, 1.807) is 0 Å². The smallest absolute Gasteiger partial charge is 0.339 e. The molecule has 7 nitrogen and oxygen atoms in total. The molecule has 0 saturated carbocycles. The second-order valence-electron chi connectivity index (χ2n) is 3.80. The van der Waals surface area contributed by atoms with E-state index in [-0.39, 0.29) is 29.3 Å². The van der Waals surface area contributed by atoms with Crippen molar-refractivity contribution >= 4 is 21.7 Å². The molecule has 0 heterocycles. The lowest BCUT2D eigenvalue weighted by atomic mass is 10.2. The van der Waals surface area contributed by atoms with Crippen LogP contribution in [-0.4, -0.2) is 51.1 Å². The van der Waals surface area contributed by atoms with Gasteiger partial charge >= 0.3 is 5.97 Å². The minimum absolute atomic E-state index is 0.0761. The zero-order valence-electron chi connectivity index (χ0n) is 10.7. The van der Waals surface area contributed by atoms with Crippen LogP contribution in [-0.2, 0) is 14.8 Å². The van der Waals surface area contributed by atoms with Crippen molar-refractivity contribution in [3.05, 3.63) is 23.8 Å². The molecule has 0 bridgehead atoms. The molecule has 0 radical (unpaired) electrons. The maximum Gasteiger partial charge on any atom is 0.339 e. The number of ether oxygens (including phenoxy) is 1. The quantitative estimate of drug-likeness (QED) is 0.567. The summed E-state index contributed by atoms with van der Waals surface area (Å²) in [6, 6.07) is 3.86. The Morgan fingerprint density at radius 1 is 1.47 bits per heavy atom. The molecule has 3 N–H and O–H groups in total. The first-order valence-corrected chi connectivity index (χ1v) is 6.83. The van der Waals surface area contributed by atoms with Gasteiger partial charge in [0.1, 0.15) is 0 Å². The summed E-state index contributed by atoms with van der Waals surface area (Å²) in [4.78, 5) is 11.4. The molecule has 0 atom stereocenters. The number of sulfonamides is 1. The maximum atomic E-state index is 12.2. The van der Waals surface area contributed by atoms with Crippen LogP contribution >= 0.6 is 0 Å². The van der Waals surface area contributed by atoms with Crippen LogP contribution in [0.2, 0.25) is 0 Å². The van der Waals surface area contributed by atoms with Crippen molar-refractivity contribution in [1.29, 1.82) is 0 Å². The number of anilines is 1. The molecule has 1 aromatic carbocycles. The monoisotopic (exact) mass is 288 g/mol. The second kappa shape index (κ2) is 6.00. The summed E-state index contributed by atoms with van der Waals surface area (Å²) in [5.74, 6) is -0.789. The molecular formula is C11H16N2O5S. The highest BCUT2D eigenvalue weighted by Gasteiger charge is 2.26. The lowest BCUT2D eigenvalue weighted by Crippen LogP contribution is -2.31. The van der Waals surface area contributed by atoms with Crippen molar-refractivity contribution in [2.45, 2.75) is 4.90 Å². The first kappa shape index (κ1) is 15.4. The zero-order chi connectivity index (χ0) is 14.6. The van der Waals surface area contributed by atoms with E-state index < -0.39 is 16.0 Å². The number of benzene rings is 1. The molecule has 0 spiro atoms. The Bertz CT molecular complexity index is 570. The van der Waals surface area contributed by atoms with Gasteiger partial charge in [-0.2, -0.15) is 4.31 Å². The lowest BCUT2D eigenvalue weighted by Gasteiger charge is -2.17. The number of hydrogen-bond acceptors (Lipinski definition) is 6. The van der Waals surface area contributed by atoms with Gasteiger partial charge in [-0.3, -0.25) is 0 Å². The molecule has 0 aliphatic rings. The van der Waals surface area contributed by atoms with Gasteiger partial charge in [-0.25, -0.2) is 13.2 Å². The molecule has 1 aromatic rings. The molecule has 0 aliphatic heterocycles. The Morgan fingerprint density at radius 2 is 2.11 bits per heavy atom. The van der Waals surface area contributed by atoms with Crippen LogP contribution in [0.4, 0.5) is 5.69 Å². The molecule has 0 aromatic heterocycles. The fourth-order valence-corrected chi connectivity index (χ4v) is 2.79. The predicted molar refractivity (Wildman–Crippen MR) is 69.1 cm³/mol. The highest BCUT2D eigenvalue weighted by molar-refractivity contribution is 7.89. The van der Waals surface area contributed by atoms with Gasteiger partial charge in [0, 0.05) is 19.3 Å². The highest BCUT2D eigenvalue weighted by atomic mass is 32.2. The van der Waals surface area contributed by atoms with E-state index in [1.807, 2.05) is 0 Å². The number of hydrogen-bond donors (Lipinski definition) is 2. The number of carbonyl (C=O) groups is 1. The van der Waals surface area contributed by atoms with Crippen molar-refractivity contribution in [3.8, 4) is 0 Å². The summed E-state index contributed by atoms with van der Waals surface area (Å²) in [5, 5.41) is 8.80. The van der Waals surface area contributed by atoms with Gasteiger partial charge in [0.15, 0.2) is 0 Å². The molecule has 8 heteroatoms. The van der Waals surface area contributed by atoms with E-state index >= 15 is 0 Å². The third-order valence-electron chi connectivity index (χ3n) is 2.51. The zero-order valence-corrected chi connectivity index (χ0v) is 11.5. The van der Waals surface area contributed by atoms with Crippen LogP contribution in [0.15, 0.2) is 23.1 Å². The van der Waals surface area contributed by atoms with Crippen molar-refractivity contribution in [3.63, 3.8) is 0 Å². The number of nitrogen functional groups attached to an aromatic ring is 1. The number of aliphatic hydroxyl groups is 1. The SMILES string of the molecule is COC(=O)c1cc(N)ccc1S(=O)(=O)N(C)CCO. The normalized spacial score (nSPS) is 11.6. The van der Waals surface area contributed by atoms with Crippen molar-refractivity contribution in [2.75, 3.05) is 33.0 Å². The van der Waals surface area contributed by atoms with Gasteiger partial charge < -0.3 is 15.6 Å². The number of rotatable bonds is 5. The van der Waals surface area contributed by atoms with E-state index in [0.717, 1.165) is 11.4 Å². The fraction of sp³-hybridized carbons (Fsp3) is 0.364. The van der Waals surface area contributed by atoms with Crippen LogP contribution in [0.5, 0.6) is 0 Å². The van der Waals surface area contributed by atoms with Gasteiger partial charge in [-0.1, -0.05) is 0 Å². The molecule has 0 aliphatic carbocycles. The van der Waals surface area contributed by atoms with Crippen LogP contribution in [0.3, 0.4) is 0 Å². The van der Waals surface area contributed by atoms with Crippen LogP contribution in [0, 0.1) is 0 Å². The average Bonchev–Trinajstić information content (AvgIpc) is 2.37. The van der Waals surface area contributed by atoms with Gasteiger partial charge in [0.25, 0.3) is 0 Å². The predicted octanol–water partition coefficient (Wildman–Crippen LogP) is -0.332. The number of aliphatic hydroxyl groups excluding tert-OH is 1. The Labute approximate surface area is 111 Å². The molecule has 0 fully saturated rings. The number of nitrogens with two attached hydrogens (primary N) is 1. The number of likely N-dealkylation sites (N-methyl/N-ethyl adjacent to an activating group) is 1. The summed E-state index contributed by atoms with van der Waals surface area (Å²) in [7, 11) is -1.43. The summed E-state index contributed by atoms with van der Waals surface area (Å²) >= 11 is 0. The first-order valence-electron chi connectivity index (χ1n) is 5.39. The molecule has 0 unspecified atom stereocenters. The van der Waals surface area contributed by atoms with Crippen LogP contribution < -0.4 is 5.73 Å². The summed E-state index contributed by atoms with van der Waals surface area (Å²) in [6.07, 6.45) is 0. The number of carbonyl (C=O) groups excluding carboxylic acids is 1. The molecular weight excluding hydrogens is 272 g/mol. The molecule has 0 amide bonds. The van der Waals surface area contributed by atoms with Crippen molar-refractivity contribution < 1.29 is 23.1 Å². The topological polar surface area (TPSA) is 110 Å². The maximum absolute atomic E-state index is 12.2. The first-order chi connectivity index (χ1) is 8.84. The standard InChI is InChI=1S/C11H16N2O5S/c1-13(5-6-14)19(16,17)10-4-3-8(12)7-9(10)11(15)18-2/h3-4,7,14H,5-6,12H2,1-2H3. The summed E-state index contributed by atoms with van der Waals surface area (Å²) < 4.78 is 30.0. The third-order valence-corrected chi connectivity index (χ3v) is 4.43. The van der Waals surface area contributed by atoms with Crippen LogP contribution in [0.1, 0.15) is 10.4 Å². The number of nitrogens with zero attached hydrogens (tertiary/aromatic N) is 1. The van der Waals surface area contributed by atoms with Gasteiger partial charge in [0.05, 0.1) is 24.2 Å². The van der Waals surface area contributed by atoms with Crippen molar-refractivity contribution in [1.82, 2.24) is 4.31 Å². The minimum atomic E-state index is -3.89. The minimum Gasteiger partial charge on any atom is -0.465 e. The average molecular weight is 288 g/mol. The number of methoxy groups -OCH3 is 1. The number of esters is 1. The van der Waals surface area contributed by atoms with Crippen LogP contribution in [0.25, 0.3) is 0 Å². The molecule has 1 rings (SSSR count). The van der Waals surface area contributed by atoms with E-state index in [4.69, 9.17) is 10.8 Å². The molecule has 0 saturated heterocycles. The highest BCUT2D eigenvalue weighted by Crippen LogP contribution is 2.22. The molecule has 19 heavy (non-hydrogen) atoms. The Morgan fingerprint density at radius 3 is 2.63 bits per heavy atom. The van der Waals surface area contributed by atoms with E-state index in [9.17, 15) is 13.2 Å². The Kier molecular flexibility index (Phi) is 4.87. The fourth-order valence-electron chi connectivity index (χ4n) is 1.47. The lowest BCUT2D eigenvalue weighted by molar-refractivity contribution is 0.0596. The van der Waals surface area contributed by atoms with Gasteiger partial charge in [0.2, 0.25) is 10.0 Å². The second-order valence-corrected chi connectivity index (χ2v) is 5.81. The summed E-state index contributed by atoms with van der Waals surface area (Å²) in [6.45, 7) is -0.397. The van der Waals surface area contributed by atoms with E-state index in [2.05, 4.69) is 4.74 Å². The molecule has 106 valence electrons. The van der Waals surface area contributed by atoms with Gasteiger partial charge in [-0.15, -0.1) is 0 Å². The van der Waals surface area contributed by atoms with Crippen molar-refractivity contribution in [2.24, 2.45) is 0 Å². The summed E-state index contributed by atoms with van der Waals surface area (Å²) in [5.41, 5.74) is 5.66. The van der Waals surface area contributed by atoms with Gasteiger partial charge in [-0.05, 0) is 18.2 Å².